The third-order valence-electron chi connectivity index (χ3n) is 3.31. The fourth-order valence-corrected chi connectivity index (χ4v) is 2.40. The molecule has 6 nitrogen and oxygen atoms in total. The number of sulfone groups is 1. The molecule has 0 spiro atoms. The van der Waals surface area contributed by atoms with Crippen LogP contribution in [-0.2, 0) is 19.4 Å². The molecular weight excluding hydrogens is 342 g/mol. The molecule has 1 atom stereocenters. The predicted octanol–water partition coefficient (Wildman–Crippen LogP) is 2.06. The number of benzene rings is 1. The molecule has 0 saturated heterocycles. The third kappa shape index (κ3) is 5.84. The van der Waals surface area contributed by atoms with Gasteiger partial charge in [-0.25, -0.2) is 13.2 Å². The first-order chi connectivity index (χ1) is 10.5. The van der Waals surface area contributed by atoms with E-state index in [4.69, 9.17) is 16.3 Å². The summed E-state index contributed by atoms with van der Waals surface area (Å²) in [6.07, 6.45) is 1.02. The van der Waals surface area contributed by atoms with Crippen LogP contribution in [0.2, 0.25) is 5.02 Å². The first-order valence-electron chi connectivity index (χ1n) is 6.98. The number of hydrogen-bond acceptors (Lipinski definition) is 5. The number of ether oxygens (including phenoxy) is 1. The van der Waals surface area contributed by atoms with Gasteiger partial charge in [0.2, 0.25) is 0 Å². The highest BCUT2D eigenvalue weighted by molar-refractivity contribution is 7.90. The standard InChI is InChI=1S/C15H20ClNO5S/c1-9(2)10(3)17-14(18)8-22-15(19)12-7-11(23(4,20)21)5-6-13(12)16/h5-7,9-10H,8H2,1-4H3,(H,17,18)/t10-/m0/s1. The monoisotopic (exact) mass is 361 g/mol. The summed E-state index contributed by atoms with van der Waals surface area (Å²) in [5, 5.41) is 2.75. The van der Waals surface area contributed by atoms with Crippen LogP contribution in [0.5, 0.6) is 0 Å². The van der Waals surface area contributed by atoms with E-state index < -0.39 is 28.3 Å². The smallest absolute Gasteiger partial charge is 0.340 e. The van der Waals surface area contributed by atoms with Gasteiger partial charge in [-0.05, 0) is 31.0 Å². The third-order valence-corrected chi connectivity index (χ3v) is 4.75. The molecule has 0 radical (unpaired) electrons. The lowest BCUT2D eigenvalue weighted by Crippen LogP contribution is -2.38. The lowest BCUT2D eigenvalue weighted by molar-refractivity contribution is -0.125. The topological polar surface area (TPSA) is 89.5 Å². The van der Waals surface area contributed by atoms with E-state index in [9.17, 15) is 18.0 Å². The molecule has 0 fully saturated rings. The summed E-state index contributed by atoms with van der Waals surface area (Å²) in [5.74, 6) is -1.04. The summed E-state index contributed by atoms with van der Waals surface area (Å²) in [4.78, 5) is 23.6. The number of nitrogens with one attached hydrogen (secondary N) is 1. The predicted molar refractivity (Wildman–Crippen MR) is 87.3 cm³/mol. The van der Waals surface area contributed by atoms with Gasteiger partial charge in [0, 0.05) is 12.3 Å². The van der Waals surface area contributed by atoms with Crippen LogP contribution in [0.25, 0.3) is 0 Å². The number of halogens is 1. The van der Waals surface area contributed by atoms with Gasteiger partial charge in [0.1, 0.15) is 0 Å². The Morgan fingerprint density at radius 1 is 1.26 bits per heavy atom. The Bertz CT molecular complexity index is 700. The first-order valence-corrected chi connectivity index (χ1v) is 9.25. The summed E-state index contributed by atoms with van der Waals surface area (Å²) in [5.41, 5.74) is -0.0979. The number of carbonyl (C=O) groups is 2. The van der Waals surface area contributed by atoms with E-state index >= 15 is 0 Å². The van der Waals surface area contributed by atoms with Gasteiger partial charge in [-0.15, -0.1) is 0 Å². The molecule has 1 rings (SSSR count). The lowest BCUT2D eigenvalue weighted by Gasteiger charge is -2.17. The summed E-state index contributed by atoms with van der Waals surface area (Å²) >= 11 is 5.89. The van der Waals surface area contributed by atoms with Crippen molar-refractivity contribution in [3.63, 3.8) is 0 Å². The minimum absolute atomic E-state index is 0.0493. The number of amides is 1. The second-order valence-corrected chi connectivity index (χ2v) is 8.01. The van der Waals surface area contributed by atoms with Crippen molar-refractivity contribution >= 4 is 33.3 Å². The molecule has 0 aromatic heterocycles. The molecule has 1 amide bonds. The zero-order valence-corrected chi connectivity index (χ0v) is 15.0. The maximum absolute atomic E-state index is 12.0. The molecule has 1 aromatic rings. The van der Waals surface area contributed by atoms with E-state index in [1.807, 2.05) is 20.8 Å². The number of carbonyl (C=O) groups excluding carboxylic acids is 2. The van der Waals surface area contributed by atoms with Crippen LogP contribution in [0.4, 0.5) is 0 Å². The highest BCUT2D eigenvalue weighted by atomic mass is 35.5. The number of esters is 1. The molecular formula is C15H20ClNO5S. The highest BCUT2D eigenvalue weighted by Gasteiger charge is 2.18. The minimum atomic E-state index is -3.48. The van der Waals surface area contributed by atoms with Crippen molar-refractivity contribution in [3.05, 3.63) is 28.8 Å². The van der Waals surface area contributed by atoms with Crippen LogP contribution < -0.4 is 5.32 Å². The molecule has 0 aliphatic rings. The Labute approximate surface area is 141 Å². The van der Waals surface area contributed by atoms with Crippen LogP contribution in [-0.4, -0.2) is 39.2 Å². The normalized spacial score (nSPS) is 12.8. The Balaban J connectivity index is 2.77. The lowest BCUT2D eigenvalue weighted by atomic mass is 10.1. The van der Waals surface area contributed by atoms with Crippen LogP contribution >= 0.6 is 11.6 Å². The molecule has 0 unspecified atom stereocenters. The van der Waals surface area contributed by atoms with Crippen molar-refractivity contribution in [2.45, 2.75) is 31.7 Å². The average molecular weight is 362 g/mol. The minimum Gasteiger partial charge on any atom is -0.452 e. The van der Waals surface area contributed by atoms with Gasteiger partial charge in [0.05, 0.1) is 15.5 Å². The van der Waals surface area contributed by atoms with Crippen LogP contribution in [0.3, 0.4) is 0 Å². The van der Waals surface area contributed by atoms with Crippen LogP contribution in [0.15, 0.2) is 23.1 Å². The summed E-state index contributed by atoms with van der Waals surface area (Å²) in [6.45, 7) is 5.28. The van der Waals surface area contributed by atoms with Crippen LogP contribution in [0.1, 0.15) is 31.1 Å². The molecule has 128 valence electrons. The molecule has 0 bridgehead atoms. The van der Waals surface area contributed by atoms with E-state index in [-0.39, 0.29) is 27.4 Å². The second kappa shape index (κ2) is 7.79. The quantitative estimate of drug-likeness (QED) is 0.783. The number of hydrogen-bond donors (Lipinski definition) is 1. The molecule has 1 N–H and O–H groups in total. The molecule has 0 aliphatic heterocycles. The van der Waals surface area contributed by atoms with Crippen molar-refractivity contribution in [3.8, 4) is 0 Å². The van der Waals surface area contributed by atoms with Gasteiger partial charge in [0.25, 0.3) is 5.91 Å². The van der Waals surface area contributed by atoms with Crippen molar-refractivity contribution in [2.75, 3.05) is 12.9 Å². The Morgan fingerprint density at radius 3 is 2.39 bits per heavy atom. The van der Waals surface area contributed by atoms with Crippen molar-refractivity contribution in [2.24, 2.45) is 5.92 Å². The van der Waals surface area contributed by atoms with E-state index in [0.717, 1.165) is 12.3 Å². The Hall–Kier alpha value is -1.60. The second-order valence-electron chi connectivity index (χ2n) is 5.59. The molecule has 8 heteroatoms. The van der Waals surface area contributed by atoms with E-state index in [1.54, 1.807) is 0 Å². The first kappa shape index (κ1) is 19.4. The zero-order chi connectivity index (χ0) is 17.8. The van der Waals surface area contributed by atoms with E-state index in [2.05, 4.69) is 5.32 Å². The largest absolute Gasteiger partial charge is 0.452 e. The maximum atomic E-state index is 12.0. The zero-order valence-electron chi connectivity index (χ0n) is 13.4. The number of rotatable bonds is 6. The fraction of sp³-hybridized carbons (Fsp3) is 0.467. The average Bonchev–Trinajstić information content (AvgIpc) is 2.43. The summed E-state index contributed by atoms with van der Waals surface area (Å²) in [7, 11) is -3.48. The van der Waals surface area contributed by atoms with Gasteiger partial charge in [-0.1, -0.05) is 25.4 Å². The Kier molecular flexibility index (Phi) is 6.58. The SMILES string of the molecule is CC(C)[C@H](C)NC(=O)COC(=O)c1cc(S(C)(=O)=O)ccc1Cl. The maximum Gasteiger partial charge on any atom is 0.340 e. The van der Waals surface area contributed by atoms with Gasteiger partial charge in [-0.2, -0.15) is 0 Å². The van der Waals surface area contributed by atoms with Crippen LogP contribution in [0, 0.1) is 5.92 Å². The summed E-state index contributed by atoms with van der Waals surface area (Å²) < 4.78 is 27.9. The van der Waals surface area contributed by atoms with Gasteiger partial charge >= 0.3 is 5.97 Å². The molecule has 23 heavy (non-hydrogen) atoms. The molecule has 0 aliphatic carbocycles. The molecule has 0 saturated carbocycles. The van der Waals surface area contributed by atoms with Gasteiger partial charge in [-0.3, -0.25) is 4.79 Å². The summed E-state index contributed by atoms with van der Waals surface area (Å²) in [6, 6.07) is 3.67. The Morgan fingerprint density at radius 2 is 1.87 bits per heavy atom. The van der Waals surface area contributed by atoms with Gasteiger partial charge in [0.15, 0.2) is 16.4 Å². The van der Waals surface area contributed by atoms with Crippen molar-refractivity contribution < 1.29 is 22.7 Å². The molecule has 0 heterocycles. The fourth-order valence-electron chi connectivity index (χ4n) is 1.56. The van der Waals surface area contributed by atoms with Crippen molar-refractivity contribution in [1.82, 2.24) is 5.32 Å². The highest BCUT2D eigenvalue weighted by Crippen LogP contribution is 2.21. The van der Waals surface area contributed by atoms with E-state index in [1.165, 1.54) is 12.1 Å². The van der Waals surface area contributed by atoms with Gasteiger partial charge < -0.3 is 10.1 Å². The van der Waals surface area contributed by atoms with Crippen molar-refractivity contribution in [1.29, 1.82) is 0 Å². The molecule has 1 aromatic carbocycles. The van der Waals surface area contributed by atoms with E-state index in [0.29, 0.717) is 0 Å².